The van der Waals surface area contributed by atoms with E-state index in [0.717, 1.165) is 10.0 Å². The molecule has 1 aromatic rings. The van der Waals surface area contributed by atoms with E-state index in [9.17, 15) is 17.6 Å². The zero-order valence-electron chi connectivity index (χ0n) is 11.3. The number of hydrogen-bond donors (Lipinski definition) is 2. The number of nitrogens with zero attached hydrogens (tertiary/aromatic N) is 1. The summed E-state index contributed by atoms with van der Waals surface area (Å²) in [7, 11) is -2.41. The van der Waals surface area contributed by atoms with E-state index in [-0.39, 0.29) is 24.8 Å². The standard InChI is InChI=1S/C12H15BrFN3O3S/c1-15-21(19,20)16-6-12(18)17-5-4-8-9(7-17)11(14)3-2-10(8)13/h2-3,15-16H,4-7H2,1H3. The third-order valence-corrected chi connectivity index (χ3v) is 5.14. The van der Waals surface area contributed by atoms with E-state index in [0.29, 0.717) is 18.5 Å². The number of hydrogen-bond acceptors (Lipinski definition) is 3. The number of nitrogens with one attached hydrogen (secondary N) is 2. The van der Waals surface area contributed by atoms with Gasteiger partial charge in [0.2, 0.25) is 5.91 Å². The van der Waals surface area contributed by atoms with Crippen LogP contribution >= 0.6 is 15.9 Å². The maximum Gasteiger partial charge on any atom is 0.277 e. The molecule has 0 aromatic heterocycles. The van der Waals surface area contributed by atoms with Crippen LogP contribution in [0, 0.1) is 5.82 Å². The van der Waals surface area contributed by atoms with Crippen LogP contribution in [-0.2, 0) is 28.0 Å². The number of benzene rings is 1. The van der Waals surface area contributed by atoms with Gasteiger partial charge in [0.05, 0.1) is 6.54 Å². The Balaban J connectivity index is 2.08. The number of fused-ring (bicyclic) bond motifs is 1. The van der Waals surface area contributed by atoms with Gasteiger partial charge in [-0.15, -0.1) is 0 Å². The largest absolute Gasteiger partial charge is 0.337 e. The molecule has 1 heterocycles. The SMILES string of the molecule is CNS(=O)(=O)NCC(=O)N1CCc2c(Br)ccc(F)c2C1. The Kier molecular flexibility index (Phi) is 4.97. The van der Waals surface area contributed by atoms with Crippen molar-refractivity contribution in [3.8, 4) is 0 Å². The van der Waals surface area contributed by atoms with Gasteiger partial charge in [0.15, 0.2) is 0 Å². The fourth-order valence-corrected chi connectivity index (χ4v) is 3.17. The van der Waals surface area contributed by atoms with Crippen molar-refractivity contribution in [3.63, 3.8) is 0 Å². The molecular weight excluding hydrogens is 365 g/mol. The van der Waals surface area contributed by atoms with E-state index < -0.39 is 10.2 Å². The maximum atomic E-state index is 13.8. The van der Waals surface area contributed by atoms with Gasteiger partial charge in [-0.1, -0.05) is 15.9 Å². The topological polar surface area (TPSA) is 78.5 Å². The van der Waals surface area contributed by atoms with E-state index in [1.54, 1.807) is 6.07 Å². The second-order valence-electron chi connectivity index (χ2n) is 4.58. The highest BCUT2D eigenvalue weighted by molar-refractivity contribution is 9.10. The average Bonchev–Trinajstić information content (AvgIpc) is 2.48. The Labute approximate surface area is 131 Å². The number of halogens is 2. The minimum atomic E-state index is -3.66. The Morgan fingerprint density at radius 3 is 2.81 bits per heavy atom. The quantitative estimate of drug-likeness (QED) is 0.800. The van der Waals surface area contributed by atoms with E-state index in [1.807, 2.05) is 0 Å². The number of amides is 1. The van der Waals surface area contributed by atoms with Crippen LogP contribution in [0.2, 0.25) is 0 Å². The van der Waals surface area contributed by atoms with Crippen LogP contribution in [-0.4, -0.2) is 39.4 Å². The molecule has 1 amide bonds. The molecule has 2 N–H and O–H groups in total. The van der Waals surface area contributed by atoms with Gasteiger partial charge in [-0.25, -0.2) is 9.11 Å². The van der Waals surface area contributed by atoms with Crippen LogP contribution < -0.4 is 9.44 Å². The summed E-state index contributed by atoms with van der Waals surface area (Å²) < 4.78 is 41.3. The van der Waals surface area contributed by atoms with Crippen molar-refractivity contribution in [2.24, 2.45) is 0 Å². The van der Waals surface area contributed by atoms with Gasteiger partial charge in [0, 0.05) is 30.2 Å². The molecule has 0 spiro atoms. The third kappa shape index (κ3) is 3.79. The van der Waals surface area contributed by atoms with Crippen LogP contribution in [0.5, 0.6) is 0 Å². The summed E-state index contributed by atoms with van der Waals surface area (Å²) in [5, 5.41) is 0. The van der Waals surface area contributed by atoms with Crippen molar-refractivity contribution in [3.05, 3.63) is 33.5 Å². The van der Waals surface area contributed by atoms with Crippen molar-refractivity contribution in [2.75, 3.05) is 20.1 Å². The molecule has 116 valence electrons. The summed E-state index contributed by atoms with van der Waals surface area (Å²) in [6, 6.07) is 2.99. The van der Waals surface area contributed by atoms with Gasteiger partial charge in [-0.05, 0) is 24.1 Å². The van der Waals surface area contributed by atoms with Gasteiger partial charge in [0.1, 0.15) is 5.82 Å². The molecule has 9 heteroatoms. The summed E-state index contributed by atoms with van der Waals surface area (Å²) in [6.45, 7) is 0.212. The Morgan fingerprint density at radius 1 is 1.43 bits per heavy atom. The van der Waals surface area contributed by atoms with E-state index >= 15 is 0 Å². The highest BCUT2D eigenvalue weighted by Gasteiger charge is 2.25. The van der Waals surface area contributed by atoms with Crippen molar-refractivity contribution < 1.29 is 17.6 Å². The Hall–Kier alpha value is -1.03. The molecule has 0 saturated heterocycles. The smallest absolute Gasteiger partial charge is 0.277 e. The summed E-state index contributed by atoms with van der Waals surface area (Å²) >= 11 is 3.37. The number of carbonyl (C=O) groups is 1. The number of carbonyl (C=O) groups excluding carboxylic acids is 1. The van der Waals surface area contributed by atoms with Crippen molar-refractivity contribution in [1.29, 1.82) is 0 Å². The summed E-state index contributed by atoms with van der Waals surface area (Å²) in [5.41, 5.74) is 1.33. The van der Waals surface area contributed by atoms with Crippen LogP contribution in [0.4, 0.5) is 4.39 Å². The van der Waals surface area contributed by atoms with E-state index in [2.05, 4.69) is 25.4 Å². The van der Waals surface area contributed by atoms with Crippen LogP contribution in [0.25, 0.3) is 0 Å². The lowest BCUT2D eigenvalue weighted by Crippen LogP contribution is -2.45. The summed E-state index contributed by atoms with van der Waals surface area (Å²) in [5.74, 6) is -0.750. The zero-order valence-corrected chi connectivity index (χ0v) is 13.7. The minimum Gasteiger partial charge on any atom is -0.337 e. The van der Waals surface area contributed by atoms with Crippen molar-refractivity contribution in [2.45, 2.75) is 13.0 Å². The molecule has 0 aliphatic carbocycles. The predicted molar refractivity (Wildman–Crippen MR) is 79.2 cm³/mol. The first-order valence-corrected chi connectivity index (χ1v) is 8.53. The van der Waals surface area contributed by atoms with E-state index in [1.165, 1.54) is 18.0 Å². The van der Waals surface area contributed by atoms with Gasteiger partial charge >= 0.3 is 0 Å². The first-order chi connectivity index (χ1) is 9.84. The molecular formula is C12H15BrFN3O3S. The molecule has 0 bridgehead atoms. The van der Waals surface area contributed by atoms with Crippen molar-refractivity contribution in [1.82, 2.24) is 14.3 Å². The Bertz CT molecular complexity index is 666. The molecule has 2 rings (SSSR count). The second kappa shape index (κ2) is 6.39. The molecule has 6 nitrogen and oxygen atoms in total. The van der Waals surface area contributed by atoms with Gasteiger partial charge in [-0.2, -0.15) is 13.1 Å². The first kappa shape index (κ1) is 16.3. The molecule has 0 fully saturated rings. The lowest BCUT2D eigenvalue weighted by Gasteiger charge is -2.29. The molecule has 1 aliphatic heterocycles. The molecule has 1 aliphatic rings. The lowest BCUT2D eigenvalue weighted by atomic mass is 9.99. The lowest BCUT2D eigenvalue weighted by molar-refractivity contribution is -0.130. The molecule has 0 radical (unpaired) electrons. The second-order valence-corrected chi connectivity index (χ2v) is 7.14. The fourth-order valence-electron chi connectivity index (χ4n) is 2.15. The van der Waals surface area contributed by atoms with Gasteiger partial charge < -0.3 is 4.90 Å². The number of rotatable bonds is 4. The minimum absolute atomic E-state index is 0.140. The van der Waals surface area contributed by atoms with Gasteiger partial charge in [0.25, 0.3) is 10.2 Å². The molecule has 1 aromatic carbocycles. The normalized spacial score (nSPS) is 14.9. The highest BCUT2D eigenvalue weighted by Crippen LogP contribution is 2.28. The molecule has 0 unspecified atom stereocenters. The van der Waals surface area contributed by atoms with E-state index in [4.69, 9.17) is 0 Å². The highest BCUT2D eigenvalue weighted by atomic mass is 79.9. The van der Waals surface area contributed by atoms with Crippen LogP contribution in [0.1, 0.15) is 11.1 Å². The molecule has 0 saturated carbocycles. The Morgan fingerprint density at radius 2 is 2.14 bits per heavy atom. The monoisotopic (exact) mass is 379 g/mol. The third-order valence-electron chi connectivity index (χ3n) is 3.33. The van der Waals surface area contributed by atoms with Crippen LogP contribution in [0.3, 0.4) is 0 Å². The average molecular weight is 380 g/mol. The van der Waals surface area contributed by atoms with Gasteiger partial charge in [-0.3, -0.25) is 4.79 Å². The fraction of sp³-hybridized carbons (Fsp3) is 0.417. The molecule has 21 heavy (non-hydrogen) atoms. The zero-order chi connectivity index (χ0) is 15.6. The van der Waals surface area contributed by atoms with Crippen LogP contribution in [0.15, 0.2) is 16.6 Å². The predicted octanol–water partition coefficient (Wildman–Crippen LogP) is 0.527. The first-order valence-electron chi connectivity index (χ1n) is 6.25. The van der Waals surface area contributed by atoms with Crippen molar-refractivity contribution >= 4 is 32.0 Å². The summed E-state index contributed by atoms with van der Waals surface area (Å²) in [4.78, 5) is 13.4. The summed E-state index contributed by atoms with van der Waals surface area (Å²) in [6.07, 6.45) is 0.526. The maximum absolute atomic E-state index is 13.8. The molecule has 0 atom stereocenters.